The predicted octanol–water partition coefficient (Wildman–Crippen LogP) is 3.08. The zero-order valence-electron chi connectivity index (χ0n) is 11.2. The normalized spacial score (nSPS) is 17.6. The van der Waals surface area contributed by atoms with Gasteiger partial charge in [0.15, 0.2) is 0 Å². The van der Waals surface area contributed by atoms with Crippen molar-refractivity contribution in [1.29, 1.82) is 0 Å². The zero-order chi connectivity index (χ0) is 12.5. The highest BCUT2D eigenvalue weighted by Gasteiger charge is 2.38. The van der Waals surface area contributed by atoms with E-state index in [9.17, 15) is 0 Å². The van der Waals surface area contributed by atoms with E-state index in [2.05, 4.69) is 26.0 Å². The molecule has 0 aromatic heterocycles. The number of hydrogen-bond acceptors (Lipinski definition) is 2. The Balaban J connectivity index is 2.39. The van der Waals surface area contributed by atoms with Gasteiger partial charge in [0.1, 0.15) is 5.75 Å². The van der Waals surface area contributed by atoms with Crippen LogP contribution in [0.4, 0.5) is 0 Å². The van der Waals surface area contributed by atoms with Crippen molar-refractivity contribution < 1.29 is 4.74 Å². The van der Waals surface area contributed by atoms with Crippen molar-refractivity contribution >= 4 is 0 Å². The Labute approximate surface area is 104 Å². The molecule has 0 bridgehead atoms. The van der Waals surface area contributed by atoms with Crippen molar-refractivity contribution in [2.75, 3.05) is 13.7 Å². The molecule has 0 unspecified atom stereocenters. The van der Waals surface area contributed by atoms with E-state index >= 15 is 0 Å². The molecular formula is C15H23NO. The van der Waals surface area contributed by atoms with E-state index in [1.54, 1.807) is 7.11 Å². The highest BCUT2D eigenvalue weighted by Crippen LogP contribution is 2.47. The lowest BCUT2D eigenvalue weighted by molar-refractivity contribution is 0.229. The lowest BCUT2D eigenvalue weighted by atomic mass is 9.62. The molecule has 1 aliphatic carbocycles. The monoisotopic (exact) mass is 233 g/mol. The first-order valence-corrected chi connectivity index (χ1v) is 6.49. The van der Waals surface area contributed by atoms with Gasteiger partial charge >= 0.3 is 0 Å². The number of ether oxygens (including phenoxy) is 1. The fourth-order valence-electron chi connectivity index (χ4n) is 3.14. The standard InChI is InChI=1S/C15H23NO/c1-11-9-13(10-12(2)14(11)17-3)15(7-8-16)5-4-6-15/h9-10H,4-8,16H2,1-3H3. The zero-order valence-corrected chi connectivity index (χ0v) is 11.2. The van der Waals surface area contributed by atoms with E-state index in [0.717, 1.165) is 18.7 Å². The van der Waals surface area contributed by atoms with Gasteiger partial charge < -0.3 is 10.5 Å². The van der Waals surface area contributed by atoms with Gasteiger partial charge in [-0.2, -0.15) is 0 Å². The van der Waals surface area contributed by atoms with E-state index in [1.807, 2.05) is 0 Å². The molecule has 1 fully saturated rings. The van der Waals surface area contributed by atoms with E-state index in [0.29, 0.717) is 5.41 Å². The number of nitrogens with two attached hydrogens (primary N) is 1. The van der Waals surface area contributed by atoms with Crippen molar-refractivity contribution in [2.24, 2.45) is 5.73 Å². The van der Waals surface area contributed by atoms with Crippen LogP contribution in [0, 0.1) is 13.8 Å². The minimum Gasteiger partial charge on any atom is -0.496 e. The Bertz CT molecular complexity index is 384. The summed E-state index contributed by atoms with van der Waals surface area (Å²) in [5.41, 5.74) is 10.1. The summed E-state index contributed by atoms with van der Waals surface area (Å²) in [6.07, 6.45) is 5.02. The van der Waals surface area contributed by atoms with Crippen molar-refractivity contribution in [3.63, 3.8) is 0 Å². The largest absolute Gasteiger partial charge is 0.496 e. The van der Waals surface area contributed by atoms with Gasteiger partial charge in [-0.25, -0.2) is 0 Å². The molecule has 2 heteroatoms. The first kappa shape index (κ1) is 12.4. The quantitative estimate of drug-likeness (QED) is 0.867. The van der Waals surface area contributed by atoms with Gasteiger partial charge in [0.25, 0.3) is 0 Å². The molecule has 17 heavy (non-hydrogen) atoms. The highest BCUT2D eigenvalue weighted by molar-refractivity contribution is 5.46. The highest BCUT2D eigenvalue weighted by atomic mass is 16.5. The average molecular weight is 233 g/mol. The van der Waals surface area contributed by atoms with Gasteiger partial charge in [-0.15, -0.1) is 0 Å². The number of hydrogen-bond donors (Lipinski definition) is 1. The van der Waals surface area contributed by atoms with E-state index in [1.165, 1.54) is 36.0 Å². The maximum atomic E-state index is 5.77. The molecule has 0 aliphatic heterocycles. The minimum absolute atomic E-state index is 0.358. The average Bonchev–Trinajstić information content (AvgIpc) is 2.23. The Hall–Kier alpha value is -1.02. The first-order chi connectivity index (χ1) is 8.13. The van der Waals surface area contributed by atoms with Crippen LogP contribution in [0.2, 0.25) is 0 Å². The first-order valence-electron chi connectivity index (χ1n) is 6.49. The third-order valence-corrected chi connectivity index (χ3v) is 4.21. The Morgan fingerprint density at radius 3 is 2.18 bits per heavy atom. The second kappa shape index (κ2) is 4.69. The molecule has 0 saturated heterocycles. The van der Waals surface area contributed by atoms with Gasteiger partial charge in [0.05, 0.1) is 7.11 Å². The second-order valence-electron chi connectivity index (χ2n) is 5.32. The second-order valence-corrected chi connectivity index (χ2v) is 5.32. The molecule has 0 radical (unpaired) electrons. The fraction of sp³-hybridized carbons (Fsp3) is 0.600. The van der Waals surface area contributed by atoms with E-state index in [4.69, 9.17) is 10.5 Å². The summed E-state index contributed by atoms with van der Waals surface area (Å²) in [5.74, 6) is 1.02. The lowest BCUT2D eigenvalue weighted by Crippen LogP contribution is -2.36. The van der Waals surface area contributed by atoms with Crippen molar-refractivity contribution in [1.82, 2.24) is 0 Å². The molecule has 0 atom stereocenters. The third-order valence-electron chi connectivity index (χ3n) is 4.21. The molecule has 1 aromatic carbocycles. The molecule has 0 amide bonds. The van der Waals surface area contributed by atoms with Crippen molar-refractivity contribution in [3.05, 3.63) is 28.8 Å². The molecule has 94 valence electrons. The van der Waals surface area contributed by atoms with Crippen molar-refractivity contribution in [3.8, 4) is 5.75 Å². The van der Waals surface area contributed by atoms with Crippen LogP contribution in [0.25, 0.3) is 0 Å². The van der Waals surface area contributed by atoms with Crippen LogP contribution >= 0.6 is 0 Å². The SMILES string of the molecule is COc1c(C)cc(C2(CCN)CCC2)cc1C. The topological polar surface area (TPSA) is 35.2 Å². The predicted molar refractivity (Wildman–Crippen MR) is 71.7 cm³/mol. The maximum absolute atomic E-state index is 5.77. The molecule has 2 rings (SSSR count). The fourth-order valence-corrected chi connectivity index (χ4v) is 3.14. The Kier molecular flexibility index (Phi) is 3.43. The summed E-state index contributed by atoms with van der Waals surface area (Å²) < 4.78 is 5.43. The molecule has 2 nitrogen and oxygen atoms in total. The molecule has 1 saturated carbocycles. The van der Waals surface area contributed by atoms with E-state index < -0.39 is 0 Å². The van der Waals surface area contributed by atoms with Crippen LogP contribution in [0.3, 0.4) is 0 Å². The van der Waals surface area contributed by atoms with E-state index in [-0.39, 0.29) is 0 Å². The summed E-state index contributed by atoms with van der Waals surface area (Å²) in [6.45, 7) is 5.04. The molecular weight excluding hydrogens is 210 g/mol. The summed E-state index contributed by atoms with van der Waals surface area (Å²) in [7, 11) is 1.74. The summed E-state index contributed by atoms with van der Waals surface area (Å²) in [4.78, 5) is 0. The van der Waals surface area contributed by atoms with Crippen LogP contribution in [0.15, 0.2) is 12.1 Å². The summed E-state index contributed by atoms with van der Waals surface area (Å²) >= 11 is 0. The summed E-state index contributed by atoms with van der Waals surface area (Å²) in [5, 5.41) is 0. The van der Waals surface area contributed by atoms with Crippen LogP contribution in [-0.2, 0) is 5.41 Å². The maximum Gasteiger partial charge on any atom is 0.124 e. The number of methoxy groups -OCH3 is 1. The van der Waals surface area contributed by atoms with Gasteiger partial charge in [0, 0.05) is 0 Å². The van der Waals surface area contributed by atoms with Crippen molar-refractivity contribution in [2.45, 2.75) is 44.9 Å². The third kappa shape index (κ3) is 2.06. The molecule has 2 N–H and O–H groups in total. The number of benzene rings is 1. The van der Waals surface area contributed by atoms with Gasteiger partial charge in [-0.05, 0) is 61.8 Å². The smallest absolute Gasteiger partial charge is 0.124 e. The molecule has 1 aromatic rings. The molecule has 0 spiro atoms. The van der Waals surface area contributed by atoms with Gasteiger partial charge in [0.2, 0.25) is 0 Å². The Morgan fingerprint density at radius 2 is 1.82 bits per heavy atom. The number of rotatable bonds is 4. The van der Waals surface area contributed by atoms with Gasteiger partial charge in [-0.1, -0.05) is 18.6 Å². The van der Waals surface area contributed by atoms with Crippen LogP contribution < -0.4 is 10.5 Å². The minimum atomic E-state index is 0.358. The van der Waals surface area contributed by atoms with Crippen LogP contribution in [0.1, 0.15) is 42.4 Å². The Morgan fingerprint density at radius 1 is 1.24 bits per heavy atom. The molecule has 0 heterocycles. The number of aryl methyl sites for hydroxylation is 2. The molecule has 1 aliphatic rings. The van der Waals surface area contributed by atoms with Gasteiger partial charge in [-0.3, -0.25) is 0 Å². The lowest BCUT2D eigenvalue weighted by Gasteiger charge is -2.43. The van der Waals surface area contributed by atoms with Crippen LogP contribution in [-0.4, -0.2) is 13.7 Å². The van der Waals surface area contributed by atoms with Crippen LogP contribution in [0.5, 0.6) is 5.75 Å². The summed E-state index contributed by atoms with van der Waals surface area (Å²) in [6, 6.07) is 4.58.